The molecule has 2 aromatic carbocycles. The molecule has 24 heavy (non-hydrogen) atoms. The molecular formula is C18H17N3O2S. The van der Waals surface area contributed by atoms with Crippen LogP contribution in [0.5, 0.6) is 0 Å². The summed E-state index contributed by atoms with van der Waals surface area (Å²) in [5, 5.41) is 6.21. The fourth-order valence-corrected chi connectivity index (χ4v) is 3.22. The van der Waals surface area contributed by atoms with E-state index < -0.39 is 5.25 Å². The predicted octanol–water partition coefficient (Wildman–Crippen LogP) is 4.04. The zero-order chi connectivity index (χ0) is 16.9. The highest BCUT2D eigenvalue weighted by atomic mass is 32.2. The number of thioether (sulfide) groups is 1. The molecule has 0 radical (unpaired) electrons. The maximum atomic E-state index is 12.8. The molecule has 1 atom stereocenters. The van der Waals surface area contributed by atoms with Crippen molar-refractivity contribution in [2.24, 2.45) is 0 Å². The van der Waals surface area contributed by atoms with Crippen LogP contribution in [0.3, 0.4) is 0 Å². The molecule has 0 saturated carbocycles. The van der Waals surface area contributed by atoms with E-state index in [0.29, 0.717) is 17.3 Å². The molecule has 1 aromatic heterocycles. The minimum atomic E-state index is -0.410. The lowest BCUT2D eigenvalue weighted by Crippen LogP contribution is -2.19. The fraction of sp³-hybridized carbons (Fsp3) is 0.111. The number of nitrogens with two attached hydrogens (primary N) is 1. The lowest BCUT2D eigenvalue weighted by atomic mass is 10.1. The van der Waals surface area contributed by atoms with E-state index in [9.17, 15) is 4.79 Å². The first kappa shape index (κ1) is 16.1. The SMILES string of the molecule is Cc1cc(NC(=O)C(Sc2ccc(N)cc2)c2ccccc2)no1. The standard InChI is InChI=1S/C18H17N3O2S/c1-12-11-16(21-23-12)20-18(22)17(13-5-3-2-4-6-13)24-15-9-7-14(19)8-10-15/h2-11,17H,19H2,1H3,(H,20,21,22). The van der Waals surface area contributed by atoms with Gasteiger partial charge in [-0.05, 0) is 36.8 Å². The van der Waals surface area contributed by atoms with Gasteiger partial charge in [-0.25, -0.2) is 0 Å². The van der Waals surface area contributed by atoms with Crippen LogP contribution in [-0.4, -0.2) is 11.1 Å². The van der Waals surface area contributed by atoms with Crippen molar-refractivity contribution in [2.45, 2.75) is 17.1 Å². The van der Waals surface area contributed by atoms with Gasteiger partial charge in [0.15, 0.2) is 5.82 Å². The van der Waals surface area contributed by atoms with Crippen LogP contribution in [0.2, 0.25) is 0 Å². The summed E-state index contributed by atoms with van der Waals surface area (Å²) in [4.78, 5) is 13.7. The number of benzene rings is 2. The monoisotopic (exact) mass is 339 g/mol. The molecule has 1 heterocycles. The van der Waals surface area contributed by atoms with Gasteiger partial charge in [0.1, 0.15) is 11.0 Å². The second-order valence-electron chi connectivity index (χ2n) is 5.29. The molecule has 0 fully saturated rings. The summed E-state index contributed by atoms with van der Waals surface area (Å²) in [5.41, 5.74) is 7.33. The van der Waals surface area contributed by atoms with Gasteiger partial charge in [0, 0.05) is 16.6 Å². The Labute approximate surface area is 144 Å². The molecule has 0 bridgehead atoms. The number of aromatic nitrogens is 1. The van der Waals surface area contributed by atoms with Gasteiger partial charge in [-0.3, -0.25) is 4.79 Å². The lowest BCUT2D eigenvalue weighted by Gasteiger charge is -2.16. The van der Waals surface area contributed by atoms with E-state index in [4.69, 9.17) is 10.3 Å². The quantitative estimate of drug-likeness (QED) is 0.542. The maximum Gasteiger partial charge on any atom is 0.243 e. The number of anilines is 2. The van der Waals surface area contributed by atoms with E-state index in [0.717, 1.165) is 10.5 Å². The molecule has 5 nitrogen and oxygen atoms in total. The average molecular weight is 339 g/mol. The van der Waals surface area contributed by atoms with E-state index in [2.05, 4.69) is 10.5 Å². The Hall–Kier alpha value is -2.73. The van der Waals surface area contributed by atoms with Gasteiger partial charge in [-0.2, -0.15) is 0 Å². The maximum absolute atomic E-state index is 12.8. The molecule has 1 unspecified atom stereocenters. The molecule has 3 N–H and O–H groups in total. The Bertz CT molecular complexity index is 816. The van der Waals surface area contributed by atoms with Crippen molar-refractivity contribution >= 4 is 29.2 Å². The van der Waals surface area contributed by atoms with E-state index in [1.165, 1.54) is 11.8 Å². The first-order valence-electron chi connectivity index (χ1n) is 7.43. The molecule has 3 aromatic rings. The van der Waals surface area contributed by atoms with Crippen LogP contribution in [0.4, 0.5) is 11.5 Å². The Balaban J connectivity index is 1.84. The van der Waals surface area contributed by atoms with Gasteiger partial charge in [0.25, 0.3) is 0 Å². The fourth-order valence-electron chi connectivity index (χ4n) is 2.20. The van der Waals surface area contributed by atoms with Crippen molar-refractivity contribution in [1.82, 2.24) is 5.16 Å². The highest BCUT2D eigenvalue weighted by molar-refractivity contribution is 8.00. The number of carbonyl (C=O) groups is 1. The summed E-state index contributed by atoms with van der Waals surface area (Å²) in [6, 6.07) is 18.8. The number of nitrogens with zero attached hydrogens (tertiary/aromatic N) is 1. The van der Waals surface area contributed by atoms with E-state index >= 15 is 0 Å². The van der Waals surface area contributed by atoms with Crippen molar-refractivity contribution in [3.8, 4) is 0 Å². The van der Waals surface area contributed by atoms with Gasteiger partial charge >= 0.3 is 0 Å². The van der Waals surface area contributed by atoms with Gasteiger partial charge in [0.2, 0.25) is 5.91 Å². The molecule has 6 heteroatoms. The molecule has 0 aliphatic heterocycles. The first-order chi connectivity index (χ1) is 11.6. The average Bonchev–Trinajstić information content (AvgIpc) is 3.00. The highest BCUT2D eigenvalue weighted by Gasteiger charge is 2.23. The van der Waals surface area contributed by atoms with Crippen molar-refractivity contribution in [3.63, 3.8) is 0 Å². The highest BCUT2D eigenvalue weighted by Crippen LogP contribution is 2.36. The zero-order valence-electron chi connectivity index (χ0n) is 13.1. The number of nitrogen functional groups attached to an aromatic ring is 1. The second-order valence-corrected chi connectivity index (χ2v) is 6.47. The van der Waals surface area contributed by atoms with Crippen LogP contribution in [0.1, 0.15) is 16.6 Å². The summed E-state index contributed by atoms with van der Waals surface area (Å²) in [5.74, 6) is 0.903. The molecule has 122 valence electrons. The predicted molar refractivity (Wildman–Crippen MR) is 95.8 cm³/mol. The van der Waals surface area contributed by atoms with Gasteiger partial charge in [-0.15, -0.1) is 11.8 Å². The third kappa shape index (κ3) is 3.97. The first-order valence-corrected chi connectivity index (χ1v) is 8.31. The second kappa shape index (κ2) is 7.23. The number of carbonyl (C=O) groups excluding carboxylic acids is 1. The van der Waals surface area contributed by atoms with Crippen LogP contribution < -0.4 is 11.1 Å². The molecular weight excluding hydrogens is 322 g/mol. The van der Waals surface area contributed by atoms with E-state index in [1.807, 2.05) is 54.6 Å². The molecule has 1 amide bonds. The number of aryl methyl sites for hydroxylation is 1. The molecule has 0 saturated heterocycles. The summed E-state index contributed by atoms with van der Waals surface area (Å²) < 4.78 is 5.00. The van der Waals surface area contributed by atoms with Crippen LogP contribution in [0.25, 0.3) is 0 Å². The van der Waals surface area contributed by atoms with Crippen molar-refractivity contribution in [3.05, 3.63) is 72.0 Å². The number of hydrogen-bond donors (Lipinski definition) is 2. The molecule has 0 spiro atoms. The minimum absolute atomic E-state index is 0.156. The topological polar surface area (TPSA) is 81.2 Å². The number of nitrogens with one attached hydrogen (secondary N) is 1. The van der Waals surface area contributed by atoms with Gasteiger partial charge < -0.3 is 15.6 Å². The number of hydrogen-bond acceptors (Lipinski definition) is 5. The van der Waals surface area contributed by atoms with Crippen molar-refractivity contribution in [1.29, 1.82) is 0 Å². The Kier molecular flexibility index (Phi) is 4.86. The zero-order valence-corrected chi connectivity index (χ0v) is 13.9. The Morgan fingerprint density at radius 2 is 1.88 bits per heavy atom. The van der Waals surface area contributed by atoms with Crippen molar-refractivity contribution in [2.75, 3.05) is 11.1 Å². The summed E-state index contributed by atoms with van der Waals surface area (Å²) in [6.45, 7) is 1.78. The third-order valence-electron chi connectivity index (χ3n) is 3.35. The van der Waals surface area contributed by atoms with Gasteiger partial charge in [-0.1, -0.05) is 35.5 Å². The molecule has 0 aliphatic rings. The molecule has 3 rings (SSSR count). The van der Waals surface area contributed by atoms with Gasteiger partial charge in [0.05, 0.1) is 0 Å². The van der Waals surface area contributed by atoms with Crippen molar-refractivity contribution < 1.29 is 9.32 Å². The van der Waals surface area contributed by atoms with Crippen LogP contribution in [0, 0.1) is 6.92 Å². The smallest absolute Gasteiger partial charge is 0.243 e. The van der Waals surface area contributed by atoms with Crippen LogP contribution >= 0.6 is 11.8 Å². The summed E-state index contributed by atoms with van der Waals surface area (Å²) in [6.07, 6.45) is 0. The van der Waals surface area contributed by atoms with Crippen LogP contribution in [0.15, 0.2) is 70.1 Å². The molecule has 0 aliphatic carbocycles. The summed E-state index contributed by atoms with van der Waals surface area (Å²) >= 11 is 1.46. The third-order valence-corrected chi connectivity index (χ3v) is 4.62. The minimum Gasteiger partial charge on any atom is -0.399 e. The van der Waals surface area contributed by atoms with E-state index in [1.54, 1.807) is 13.0 Å². The van der Waals surface area contributed by atoms with Crippen LogP contribution in [-0.2, 0) is 4.79 Å². The lowest BCUT2D eigenvalue weighted by molar-refractivity contribution is -0.115. The number of rotatable bonds is 5. The largest absolute Gasteiger partial charge is 0.399 e. The number of amides is 1. The Morgan fingerprint density at radius 1 is 1.17 bits per heavy atom. The summed E-state index contributed by atoms with van der Waals surface area (Å²) in [7, 11) is 0. The normalized spacial score (nSPS) is 11.9. The van der Waals surface area contributed by atoms with E-state index in [-0.39, 0.29) is 5.91 Å². The Morgan fingerprint density at radius 3 is 2.50 bits per heavy atom.